The first kappa shape index (κ1) is 20.1. The zero-order valence-electron chi connectivity index (χ0n) is 15.9. The first-order valence-corrected chi connectivity index (χ1v) is 10.2. The molecule has 2 aromatic carbocycles. The molecule has 1 fully saturated rings. The minimum Gasteiger partial charge on any atom is -0.334 e. The summed E-state index contributed by atoms with van der Waals surface area (Å²) in [5.74, 6) is -0.508. The monoisotopic (exact) mass is 471 g/mol. The van der Waals surface area contributed by atoms with Crippen LogP contribution in [0, 0.1) is 5.82 Å². The van der Waals surface area contributed by atoms with E-state index in [2.05, 4.69) is 31.4 Å². The molecule has 0 bridgehead atoms. The fraction of sp³-hybridized carbons (Fsp3) is 0.190. The van der Waals surface area contributed by atoms with Gasteiger partial charge in [-0.25, -0.2) is 9.18 Å². The van der Waals surface area contributed by atoms with Crippen LogP contribution >= 0.6 is 15.9 Å². The Balaban J connectivity index is 1.33. The molecule has 2 heterocycles. The van der Waals surface area contributed by atoms with Gasteiger partial charge in [-0.1, -0.05) is 28.1 Å². The highest BCUT2D eigenvalue weighted by molar-refractivity contribution is 9.10. The van der Waals surface area contributed by atoms with Gasteiger partial charge in [-0.15, -0.1) is 0 Å². The van der Waals surface area contributed by atoms with Crippen molar-refractivity contribution in [2.75, 3.05) is 31.5 Å². The summed E-state index contributed by atoms with van der Waals surface area (Å²) < 4.78 is 14.0. The number of amides is 3. The van der Waals surface area contributed by atoms with Gasteiger partial charge in [-0.05, 0) is 42.5 Å². The maximum absolute atomic E-state index is 13.0. The summed E-state index contributed by atoms with van der Waals surface area (Å²) in [6, 6.07) is 14.7. The van der Waals surface area contributed by atoms with E-state index in [1.54, 1.807) is 15.9 Å². The summed E-state index contributed by atoms with van der Waals surface area (Å²) in [6.45, 7) is 1.66. The molecule has 1 aliphatic rings. The highest BCUT2D eigenvalue weighted by Crippen LogP contribution is 2.21. The average molecular weight is 472 g/mol. The molecule has 2 N–H and O–H groups in total. The number of nitrogens with one attached hydrogen (secondary N) is 2. The molecule has 0 unspecified atom stereocenters. The van der Waals surface area contributed by atoms with E-state index in [9.17, 15) is 14.0 Å². The van der Waals surface area contributed by atoms with Gasteiger partial charge >= 0.3 is 6.03 Å². The van der Waals surface area contributed by atoms with E-state index in [0.29, 0.717) is 43.3 Å². The second-order valence-electron chi connectivity index (χ2n) is 6.89. The Kier molecular flexibility index (Phi) is 5.80. The number of rotatable bonds is 3. The maximum Gasteiger partial charge on any atom is 0.321 e. The number of nitrogens with zero attached hydrogens (tertiary/aromatic N) is 3. The van der Waals surface area contributed by atoms with Crippen molar-refractivity contribution in [3.63, 3.8) is 0 Å². The predicted molar refractivity (Wildman–Crippen MR) is 115 cm³/mol. The second kappa shape index (κ2) is 8.66. The van der Waals surface area contributed by atoms with Gasteiger partial charge in [0.1, 0.15) is 11.5 Å². The van der Waals surface area contributed by atoms with E-state index in [1.807, 2.05) is 24.3 Å². The molecule has 30 heavy (non-hydrogen) atoms. The standard InChI is InChI=1S/C21H19BrFN5O2/c22-15-3-1-14(2-4-15)18-13-19(26-25-18)20(29)27-9-11-28(12-10-27)21(30)24-17-7-5-16(23)6-8-17/h1-8,13H,9-12H2,(H,24,30)(H,25,26). The van der Waals surface area contributed by atoms with Crippen molar-refractivity contribution in [2.45, 2.75) is 0 Å². The van der Waals surface area contributed by atoms with Crippen LogP contribution in [0.3, 0.4) is 0 Å². The Morgan fingerprint density at radius 2 is 1.60 bits per heavy atom. The number of benzene rings is 2. The van der Waals surface area contributed by atoms with Crippen LogP contribution in [0.25, 0.3) is 11.3 Å². The number of carbonyl (C=O) groups excluding carboxylic acids is 2. The van der Waals surface area contributed by atoms with Gasteiger partial charge in [0.2, 0.25) is 0 Å². The summed E-state index contributed by atoms with van der Waals surface area (Å²) >= 11 is 3.40. The topological polar surface area (TPSA) is 81.3 Å². The molecule has 4 rings (SSSR count). The number of urea groups is 1. The van der Waals surface area contributed by atoms with Crippen LogP contribution in [-0.2, 0) is 0 Å². The molecule has 7 nitrogen and oxygen atoms in total. The maximum atomic E-state index is 13.0. The molecule has 3 aromatic rings. The lowest BCUT2D eigenvalue weighted by molar-refractivity contribution is 0.0666. The fourth-order valence-corrected chi connectivity index (χ4v) is 3.48. The third-order valence-electron chi connectivity index (χ3n) is 4.90. The Bertz CT molecular complexity index is 1040. The van der Waals surface area contributed by atoms with Crippen LogP contribution in [-0.4, -0.2) is 58.1 Å². The van der Waals surface area contributed by atoms with E-state index in [4.69, 9.17) is 0 Å². The summed E-state index contributed by atoms with van der Waals surface area (Å²) in [4.78, 5) is 28.5. The zero-order chi connectivity index (χ0) is 21.1. The van der Waals surface area contributed by atoms with E-state index in [-0.39, 0.29) is 17.8 Å². The van der Waals surface area contributed by atoms with Crippen molar-refractivity contribution in [1.82, 2.24) is 20.0 Å². The Morgan fingerprint density at radius 1 is 0.967 bits per heavy atom. The predicted octanol–water partition coefficient (Wildman–Crippen LogP) is 3.97. The smallest absolute Gasteiger partial charge is 0.321 e. The molecule has 0 aliphatic carbocycles. The minimum absolute atomic E-state index is 0.149. The highest BCUT2D eigenvalue weighted by atomic mass is 79.9. The molecule has 1 aliphatic heterocycles. The first-order chi connectivity index (χ1) is 14.5. The minimum atomic E-state index is -0.359. The Morgan fingerprint density at radius 3 is 2.27 bits per heavy atom. The summed E-state index contributed by atoms with van der Waals surface area (Å²) in [7, 11) is 0. The number of H-pyrrole nitrogens is 1. The molecule has 3 amide bonds. The zero-order valence-corrected chi connectivity index (χ0v) is 17.5. The van der Waals surface area contributed by atoms with Crippen LogP contribution in [0.4, 0.5) is 14.9 Å². The molecule has 1 saturated heterocycles. The van der Waals surface area contributed by atoms with Crippen LogP contribution in [0.2, 0.25) is 0 Å². The van der Waals surface area contributed by atoms with Crippen molar-refractivity contribution in [3.05, 3.63) is 70.6 Å². The van der Waals surface area contributed by atoms with Gasteiger partial charge in [0.25, 0.3) is 5.91 Å². The van der Waals surface area contributed by atoms with Crippen molar-refractivity contribution >= 4 is 33.6 Å². The molecule has 0 saturated carbocycles. The molecular weight excluding hydrogens is 453 g/mol. The molecule has 1 aromatic heterocycles. The number of aromatic nitrogens is 2. The lowest BCUT2D eigenvalue weighted by Crippen LogP contribution is -2.51. The molecule has 0 atom stereocenters. The molecule has 0 spiro atoms. The van der Waals surface area contributed by atoms with Crippen molar-refractivity contribution < 1.29 is 14.0 Å². The third kappa shape index (κ3) is 4.51. The summed E-state index contributed by atoms with van der Waals surface area (Å²) in [5.41, 5.74) is 2.55. The molecular formula is C21H19BrFN5O2. The number of hydrogen-bond acceptors (Lipinski definition) is 3. The van der Waals surface area contributed by atoms with Gasteiger partial charge < -0.3 is 15.1 Å². The van der Waals surface area contributed by atoms with Crippen LogP contribution in [0.15, 0.2) is 59.1 Å². The first-order valence-electron chi connectivity index (χ1n) is 9.42. The molecule has 154 valence electrons. The van der Waals surface area contributed by atoms with Gasteiger partial charge in [-0.2, -0.15) is 5.10 Å². The highest BCUT2D eigenvalue weighted by Gasteiger charge is 2.26. The largest absolute Gasteiger partial charge is 0.334 e. The van der Waals surface area contributed by atoms with Crippen LogP contribution < -0.4 is 5.32 Å². The molecule has 9 heteroatoms. The number of anilines is 1. The van der Waals surface area contributed by atoms with Crippen molar-refractivity contribution in [2.24, 2.45) is 0 Å². The second-order valence-corrected chi connectivity index (χ2v) is 7.81. The summed E-state index contributed by atoms with van der Waals surface area (Å²) in [5, 5.41) is 9.79. The van der Waals surface area contributed by atoms with Crippen LogP contribution in [0.1, 0.15) is 10.5 Å². The van der Waals surface area contributed by atoms with Crippen molar-refractivity contribution in [1.29, 1.82) is 0 Å². The van der Waals surface area contributed by atoms with E-state index < -0.39 is 0 Å². The van der Waals surface area contributed by atoms with E-state index >= 15 is 0 Å². The van der Waals surface area contributed by atoms with E-state index in [0.717, 1.165) is 10.0 Å². The molecule has 0 radical (unpaired) electrons. The van der Waals surface area contributed by atoms with Crippen LogP contribution in [0.5, 0.6) is 0 Å². The summed E-state index contributed by atoms with van der Waals surface area (Å²) in [6.07, 6.45) is 0. The number of carbonyl (C=O) groups is 2. The van der Waals surface area contributed by atoms with Gasteiger partial charge in [0, 0.05) is 41.9 Å². The SMILES string of the molecule is O=C(Nc1ccc(F)cc1)N1CCN(C(=O)c2cc(-c3ccc(Br)cc3)n[nH]2)CC1. The lowest BCUT2D eigenvalue weighted by atomic mass is 10.1. The van der Waals surface area contributed by atoms with E-state index in [1.165, 1.54) is 24.3 Å². The Labute approximate surface area is 181 Å². The normalized spacial score (nSPS) is 13.9. The lowest BCUT2D eigenvalue weighted by Gasteiger charge is -2.34. The number of piperazine rings is 1. The van der Waals surface area contributed by atoms with Gasteiger partial charge in [-0.3, -0.25) is 9.89 Å². The quantitative estimate of drug-likeness (QED) is 0.606. The van der Waals surface area contributed by atoms with Gasteiger partial charge in [0.15, 0.2) is 0 Å². The number of hydrogen-bond donors (Lipinski definition) is 2. The average Bonchev–Trinajstić information content (AvgIpc) is 3.26. The number of halogens is 2. The number of aromatic amines is 1. The van der Waals surface area contributed by atoms with Gasteiger partial charge in [0.05, 0.1) is 5.69 Å². The Hall–Kier alpha value is -3.20. The third-order valence-corrected chi connectivity index (χ3v) is 5.43. The van der Waals surface area contributed by atoms with Crippen molar-refractivity contribution in [3.8, 4) is 11.3 Å². The fourth-order valence-electron chi connectivity index (χ4n) is 3.22.